The molecule has 1 aliphatic rings. The molecular formula is C23H23ClN6. The van der Waals surface area contributed by atoms with Gasteiger partial charge in [-0.3, -0.25) is 5.41 Å². The number of aromatic nitrogens is 1. The van der Waals surface area contributed by atoms with Gasteiger partial charge < -0.3 is 21.4 Å². The van der Waals surface area contributed by atoms with Crippen LogP contribution in [0, 0.1) is 17.7 Å². The zero-order valence-corrected chi connectivity index (χ0v) is 17.3. The van der Waals surface area contributed by atoms with Crippen LogP contribution in [-0.4, -0.2) is 17.0 Å². The number of benzene rings is 1. The largest absolute Gasteiger partial charge is 0.366 e. The lowest BCUT2D eigenvalue weighted by Gasteiger charge is -2.17. The topological polar surface area (TPSA) is 96.7 Å². The van der Waals surface area contributed by atoms with Crippen LogP contribution in [0.3, 0.4) is 0 Å². The Balaban J connectivity index is 1.83. The summed E-state index contributed by atoms with van der Waals surface area (Å²) in [4.78, 5) is 4.50. The maximum atomic E-state index is 8.38. The van der Waals surface area contributed by atoms with Gasteiger partial charge in [-0.25, -0.2) is 4.98 Å². The number of aryl methyl sites for hydroxylation is 1. The average molecular weight is 419 g/mol. The molecule has 0 saturated heterocycles. The number of allylic oxidation sites excluding steroid dienone is 3. The summed E-state index contributed by atoms with van der Waals surface area (Å²) in [5, 5.41) is 25.9. The number of nitrogens with zero attached hydrogens (tertiary/aromatic N) is 1. The van der Waals surface area contributed by atoms with E-state index in [-0.39, 0.29) is 5.84 Å². The molecule has 0 radical (unpaired) electrons. The molecule has 1 aromatic carbocycles. The van der Waals surface area contributed by atoms with E-state index in [4.69, 9.17) is 22.4 Å². The lowest BCUT2D eigenvalue weighted by atomic mass is 10.1. The van der Waals surface area contributed by atoms with E-state index in [0.29, 0.717) is 17.4 Å². The third kappa shape index (κ3) is 6.18. The van der Waals surface area contributed by atoms with Crippen LogP contribution in [0.25, 0.3) is 0 Å². The summed E-state index contributed by atoms with van der Waals surface area (Å²) in [5.74, 6) is 0.947. The maximum absolute atomic E-state index is 8.38. The summed E-state index contributed by atoms with van der Waals surface area (Å²) >= 11 is 5.93. The van der Waals surface area contributed by atoms with Crippen LogP contribution in [0.1, 0.15) is 11.3 Å². The van der Waals surface area contributed by atoms with Gasteiger partial charge in [0.05, 0.1) is 5.70 Å². The third-order valence-electron chi connectivity index (χ3n) is 4.23. The molecule has 0 spiro atoms. The van der Waals surface area contributed by atoms with Crippen molar-refractivity contribution in [2.24, 2.45) is 0 Å². The summed E-state index contributed by atoms with van der Waals surface area (Å²) in [6, 6.07) is 13.2. The molecule has 5 N–H and O–H groups in total. The Hall–Kier alpha value is -3.64. The first-order valence-electron chi connectivity index (χ1n) is 9.38. The van der Waals surface area contributed by atoms with E-state index in [1.165, 1.54) is 6.21 Å². The van der Waals surface area contributed by atoms with Crippen molar-refractivity contribution in [2.45, 2.75) is 13.5 Å². The number of halogens is 1. The fourth-order valence-corrected chi connectivity index (χ4v) is 2.90. The number of anilines is 1. The van der Waals surface area contributed by atoms with Crippen molar-refractivity contribution >= 4 is 29.5 Å². The second-order valence-electron chi connectivity index (χ2n) is 6.61. The monoisotopic (exact) mass is 418 g/mol. The van der Waals surface area contributed by atoms with Crippen molar-refractivity contribution < 1.29 is 0 Å². The van der Waals surface area contributed by atoms with Gasteiger partial charge in [0.2, 0.25) is 0 Å². The van der Waals surface area contributed by atoms with E-state index in [2.05, 4.69) is 20.9 Å². The fourth-order valence-electron chi connectivity index (χ4n) is 2.78. The fraction of sp³-hybridized carbons (Fsp3) is 0.0870. The molecule has 0 fully saturated rings. The van der Waals surface area contributed by atoms with Gasteiger partial charge in [0.25, 0.3) is 0 Å². The highest BCUT2D eigenvalue weighted by Gasteiger charge is 2.10. The van der Waals surface area contributed by atoms with Gasteiger partial charge in [-0.15, -0.1) is 0 Å². The van der Waals surface area contributed by atoms with Crippen LogP contribution >= 0.6 is 11.6 Å². The number of nitrogens with one attached hydrogen (secondary N) is 5. The summed E-state index contributed by atoms with van der Waals surface area (Å²) < 4.78 is 0. The minimum absolute atomic E-state index is 0.255. The number of hydrogen-bond acceptors (Lipinski definition) is 5. The Bertz CT molecular complexity index is 1050. The van der Waals surface area contributed by atoms with Gasteiger partial charge >= 0.3 is 0 Å². The average Bonchev–Trinajstić information content (AvgIpc) is 2.73. The molecule has 6 nitrogen and oxygen atoms in total. The number of hydrogen-bond donors (Lipinski definition) is 5. The molecule has 1 aliphatic heterocycles. The summed E-state index contributed by atoms with van der Waals surface area (Å²) in [5.41, 5.74) is 4.30. The third-order valence-corrected chi connectivity index (χ3v) is 4.49. The van der Waals surface area contributed by atoms with E-state index in [1.807, 2.05) is 61.5 Å². The molecule has 0 aliphatic carbocycles. The molecule has 2 aromatic rings. The number of rotatable bonds is 7. The predicted molar refractivity (Wildman–Crippen MR) is 124 cm³/mol. The Labute approximate surface area is 181 Å². The number of pyridine rings is 1. The normalized spacial score (nSPS) is 14.7. The first-order chi connectivity index (χ1) is 14.5. The summed E-state index contributed by atoms with van der Waals surface area (Å²) in [6.07, 6.45) is 10.2. The lowest BCUT2D eigenvalue weighted by molar-refractivity contribution is 0.911. The van der Waals surface area contributed by atoms with Gasteiger partial charge in [-0.05, 0) is 55.0 Å². The molecule has 152 valence electrons. The van der Waals surface area contributed by atoms with Crippen molar-refractivity contribution in [3.05, 3.63) is 106 Å². The van der Waals surface area contributed by atoms with Gasteiger partial charge in [0.15, 0.2) is 0 Å². The molecule has 2 heterocycles. The summed E-state index contributed by atoms with van der Waals surface area (Å²) in [6.45, 7) is 2.44. The molecule has 30 heavy (non-hydrogen) atoms. The van der Waals surface area contributed by atoms with Crippen LogP contribution < -0.4 is 16.0 Å². The molecule has 0 atom stereocenters. The SMILES string of the molecule is Cc1cccc(N/C(=C\C(=N)NCc2ccc(Cl)cc2)C2=C/C(=C/C=N)NC=C2)n1. The van der Waals surface area contributed by atoms with E-state index in [1.54, 1.807) is 18.4 Å². The van der Waals surface area contributed by atoms with Crippen LogP contribution in [0.2, 0.25) is 5.02 Å². The minimum atomic E-state index is 0.255. The van der Waals surface area contributed by atoms with Crippen LogP contribution in [0.15, 0.2) is 89.9 Å². The Morgan fingerprint density at radius 3 is 2.73 bits per heavy atom. The second-order valence-corrected chi connectivity index (χ2v) is 7.04. The smallest absolute Gasteiger partial charge is 0.130 e. The van der Waals surface area contributed by atoms with Crippen molar-refractivity contribution in [3.63, 3.8) is 0 Å². The number of dihydropyridines is 1. The van der Waals surface area contributed by atoms with E-state index in [9.17, 15) is 0 Å². The highest BCUT2D eigenvalue weighted by atomic mass is 35.5. The molecule has 0 unspecified atom stereocenters. The van der Waals surface area contributed by atoms with E-state index < -0.39 is 0 Å². The zero-order chi connectivity index (χ0) is 21.3. The molecular weight excluding hydrogens is 396 g/mol. The van der Waals surface area contributed by atoms with Crippen molar-refractivity contribution in [1.82, 2.24) is 15.6 Å². The molecule has 7 heteroatoms. The highest BCUT2D eigenvalue weighted by molar-refractivity contribution is 6.30. The van der Waals surface area contributed by atoms with E-state index >= 15 is 0 Å². The standard InChI is InChI=1S/C23H23ClN6/c1-16-3-2-4-23(29-16)30-21(18-10-12-27-20(13-18)9-11-25)14-22(26)28-15-17-5-7-19(24)8-6-17/h2-14,25,27H,15H2,1H3,(H2,26,28)(H,29,30)/b20-9-,21-14-,25-11?. The minimum Gasteiger partial charge on any atom is -0.366 e. The van der Waals surface area contributed by atoms with E-state index in [0.717, 1.165) is 28.2 Å². The maximum Gasteiger partial charge on any atom is 0.130 e. The molecule has 1 aromatic heterocycles. The van der Waals surface area contributed by atoms with Gasteiger partial charge in [-0.1, -0.05) is 29.8 Å². The molecule has 0 bridgehead atoms. The van der Waals surface area contributed by atoms with Crippen LogP contribution in [0.4, 0.5) is 5.82 Å². The predicted octanol–water partition coefficient (Wildman–Crippen LogP) is 4.68. The molecule has 0 saturated carbocycles. The zero-order valence-electron chi connectivity index (χ0n) is 16.5. The Kier molecular flexibility index (Phi) is 7.19. The van der Waals surface area contributed by atoms with Gasteiger partial charge in [0, 0.05) is 47.0 Å². The number of amidine groups is 1. The lowest BCUT2D eigenvalue weighted by Crippen LogP contribution is -2.22. The van der Waals surface area contributed by atoms with Crippen molar-refractivity contribution in [3.8, 4) is 0 Å². The van der Waals surface area contributed by atoms with Crippen molar-refractivity contribution in [1.29, 1.82) is 10.8 Å². The first-order valence-corrected chi connectivity index (χ1v) is 9.76. The quantitative estimate of drug-likeness (QED) is 0.333. The molecule has 0 amide bonds. The highest BCUT2D eigenvalue weighted by Crippen LogP contribution is 2.19. The molecule has 3 rings (SSSR count). The van der Waals surface area contributed by atoms with Crippen LogP contribution in [0.5, 0.6) is 0 Å². The Morgan fingerprint density at radius 1 is 1.20 bits per heavy atom. The van der Waals surface area contributed by atoms with Crippen molar-refractivity contribution in [2.75, 3.05) is 5.32 Å². The van der Waals surface area contributed by atoms with Gasteiger partial charge in [-0.2, -0.15) is 0 Å². The van der Waals surface area contributed by atoms with Gasteiger partial charge in [0.1, 0.15) is 11.7 Å². The summed E-state index contributed by atoms with van der Waals surface area (Å²) in [7, 11) is 0. The van der Waals surface area contributed by atoms with Crippen LogP contribution in [-0.2, 0) is 6.54 Å². The Morgan fingerprint density at radius 2 is 2.00 bits per heavy atom. The second kappa shape index (κ2) is 10.2. The first kappa shape index (κ1) is 21.1.